The molecular weight excluding hydrogens is 268 g/mol. The van der Waals surface area contributed by atoms with E-state index in [1.54, 1.807) is 0 Å². The number of benzene rings is 2. The monoisotopic (exact) mass is 286 g/mol. The van der Waals surface area contributed by atoms with E-state index < -0.39 is 6.10 Å². The van der Waals surface area contributed by atoms with E-state index in [1.165, 1.54) is 24.8 Å². The fourth-order valence-electron chi connectivity index (χ4n) is 2.90. The zero-order valence-corrected chi connectivity index (χ0v) is 12.2. The van der Waals surface area contributed by atoms with E-state index in [-0.39, 0.29) is 0 Å². The van der Waals surface area contributed by atoms with Crippen molar-refractivity contribution in [2.75, 3.05) is 0 Å². The fraction of sp³-hybridized carbons (Fsp3) is 0.333. The van der Waals surface area contributed by atoms with Gasteiger partial charge in [0.2, 0.25) is 0 Å². The van der Waals surface area contributed by atoms with Crippen molar-refractivity contribution >= 4 is 11.6 Å². The van der Waals surface area contributed by atoms with Gasteiger partial charge in [-0.2, -0.15) is 0 Å². The summed E-state index contributed by atoms with van der Waals surface area (Å²) in [5.74, 6) is 0.639. The summed E-state index contributed by atoms with van der Waals surface area (Å²) in [7, 11) is 0. The van der Waals surface area contributed by atoms with Crippen LogP contribution in [-0.4, -0.2) is 5.11 Å². The van der Waals surface area contributed by atoms with Gasteiger partial charge in [-0.3, -0.25) is 0 Å². The van der Waals surface area contributed by atoms with E-state index in [2.05, 4.69) is 18.2 Å². The molecule has 0 saturated heterocycles. The van der Waals surface area contributed by atoms with E-state index in [4.69, 9.17) is 11.6 Å². The molecule has 0 aliphatic heterocycles. The minimum Gasteiger partial charge on any atom is -0.388 e. The molecule has 104 valence electrons. The predicted octanol–water partition coefficient (Wildman–Crippen LogP) is 4.88. The second-order valence-electron chi connectivity index (χ2n) is 5.61. The van der Waals surface area contributed by atoms with Gasteiger partial charge in [0.1, 0.15) is 0 Å². The quantitative estimate of drug-likeness (QED) is 0.849. The zero-order chi connectivity index (χ0) is 13.9. The Hall–Kier alpha value is -1.31. The van der Waals surface area contributed by atoms with Crippen LogP contribution in [0.5, 0.6) is 0 Å². The van der Waals surface area contributed by atoms with Gasteiger partial charge < -0.3 is 5.11 Å². The third-order valence-electron chi connectivity index (χ3n) is 4.22. The summed E-state index contributed by atoms with van der Waals surface area (Å²) in [4.78, 5) is 0. The van der Waals surface area contributed by atoms with Crippen LogP contribution in [0.2, 0.25) is 5.02 Å². The Kier molecular flexibility index (Phi) is 4.09. The summed E-state index contributed by atoms with van der Waals surface area (Å²) in [6, 6.07) is 16.0. The average molecular weight is 287 g/mol. The molecule has 1 fully saturated rings. The van der Waals surface area contributed by atoms with Crippen LogP contribution in [0.3, 0.4) is 0 Å². The minimum atomic E-state index is -0.453. The van der Waals surface area contributed by atoms with Crippen molar-refractivity contribution in [1.29, 1.82) is 0 Å². The van der Waals surface area contributed by atoms with Crippen LogP contribution in [0.25, 0.3) is 0 Å². The molecule has 0 bridgehead atoms. The lowest BCUT2D eigenvalue weighted by molar-refractivity contribution is 0.176. The molecule has 1 saturated carbocycles. The molecule has 3 rings (SSSR count). The molecular formula is C18H19ClO. The van der Waals surface area contributed by atoms with E-state index in [1.807, 2.05) is 30.3 Å². The third kappa shape index (κ3) is 2.89. The normalized spacial score (nSPS) is 16.7. The van der Waals surface area contributed by atoms with Crippen LogP contribution in [-0.2, 0) is 6.42 Å². The Bertz CT molecular complexity index is 589. The first-order chi connectivity index (χ1) is 9.74. The Labute approximate surface area is 125 Å². The van der Waals surface area contributed by atoms with Crippen molar-refractivity contribution < 1.29 is 5.11 Å². The Morgan fingerprint density at radius 2 is 1.90 bits per heavy atom. The highest BCUT2D eigenvalue weighted by Gasteiger charge is 2.24. The second kappa shape index (κ2) is 5.99. The highest BCUT2D eigenvalue weighted by molar-refractivity contribution is 6.30. The summed E-state index contributed by atoms with van der Waals surface area (Å²) >= 11 is 6.01. The number of rotatable bonds is 4. The topological polar surface area (TPSA) is 20.2 Å². The van der Waals surface area contributed by atoms with Crippen molar-refractivity contribution in [3.05, 3.63) is 70.2 Å². The van der Waals surface area contributed by atoms with Crippen LogP contribution in [0, 0.1) is 0 Å². The molecule has 2 heteroatoms. The van der Waals surface area contributed by atoms with Crippen molar-refractivity contribution in [2.24, 2.45) is 0 Å². The van der Waals surface area contributed by atoms with Gasteiger partial charge in [0.15, 0.2) is 0 Å². The maximum Gasteiger partial charge on any atom is 0.0833 e. The van der Waals surface area contributed by atoms with Gasteiger partial charge in [-0.1, -0.05) is 54.4 Å². The van der Waals surface area contributed by atoms with Crippen LogP contribution in [0.1, 0.15) is 48.0 Å². The lowest BCUT2D eigenvalue weighted by atomic mass is 9.77. The number of hydrogen-bond acceptors (Lipinski definition) is 1. The van der Waals surface area contributed by atoms with Crippen molar-refractivity contribution in [2.45, 2.75) is 37.7 Å². The predicted molar refractivity (Wildman–Crippen MR) is 83.1 cm³/mol. The van der Waals surface area contributed by atoms with Gasteiger partial charge in [0.25, 0.3) is 0 Å². The molecule has 0 spiro atoms. The molecule has 0 amide bonds. The molecule has 1 aliphatic carbocycles. The Balaban J connectivity index is 1.81. The maximum absolute atomic E-state index is 10.6. The molecule has 20 heavy (non-hydrogen) atoms. The summed E-state index contributed by atoms with van der Waals surface area (Å²) in [5, 5.41) is 11.3. The van der Waals surface area contributed by atoms with E-state index in [0.717, 1.165) is 16.1 Å². The van der Waals surface area contributed by atoms with E-state index in [9.17, 15) is 5.11 Å². The molecule has 0 aromatic heterocycles. The second-order valence-corrected chi connectivity index (χ2v) is 6.04. The molecule has 1 N–H and O–H groups in total. The first-order valence-corrected chi connectivity index (χ1v) is 7.63. The average Bonchev–Trinajstić information content (AvgIpc) is 2.37. The molecule has 2 aromatic rings. The standard InChI is InChI=1S/C18H19ClO/c19-15-8-3-5-13(11-15)12-18(20)17-10-2-1-9-16(17)14-6-4-7-14/h1-3,5,8-11,14,18,20H,4,6-7,12H2. The SMILES string of the molecule is OC(Cc1cccc(Cl)c1)c1ccccc1C1CCC1. The Morgan fingerprint density at radius 3 is 2.60 bits per heavy atom. The molecule has 1 unspecified atom stereocenters. The third-order valence-corrected chi connectivity index (χ3v) is 4.45. The number of aliphatic hydroxyl groups excluding tert-OH is 1. The van der Waals surface area contributed by atoms with E-state index in [0.29, 0.717) is 12.3 Å². The van der Waals surface area contributed by atoms with Crippen molar-refractivity contribution in [1.82, 2.24) is 0 Å². The molecule has 1 atom stereocenters. The number of halogens is 1. The summed E-state index contributed by atoms with van der Waals surface area (Å²) in [6.45, 7) is 0. The van der Waals surface area contributed by atoms with Gasteiger partial charge in [0, 0.05) is 11.4 Å². The first kappa shape index (κ1) is 13.7. The summed E-state index contributed by atoms with van der Waals surface area (Å²) in [5.41, 5.74) is 3.49. The number of aliphatic hydroxyl groups is 1. The molecule has 2 aromatic carbocycles. The zero-order valence-electron chi connectivity index (χ0n) is 11.4. The van der Waals surface area contributed by atoms with Crippen LogP contribution in [0.4, 0.5) is 0 Å². The molecule has 1 aliphatic rings. The Morgan fingerprint density at radius 1 is 1.10 bits per heavy atom. The first-order valence-electron chi connectivity index (χ1n) is 7.25. The highest BCUT2D eigenvalue weighted by atomic mass is 35.5. The van der Waals surface area contributed by atoms with Crippen LogP contribution in [0.15, 0.2) is 48.5 Å². The maximum atomic E-state index is 10.6. The molecule has 0 radical (unpaired) electrons. The minimum absolute atomic E-state index is 0.453. The lowest BCUT2D eigenvalue weighted by Gasteiger charge is -2.29. The highest BCUT2D eigenvalue weighted by Crippen LogP contribution is 2.39. The number of hydrogen-bond donors (Lipinski definition) is 1. The van der Waals surface area contributed by atoms with Crippen molar-refractivity contribution in [3.8, 4) is 0 Å². The molecule has 1 nitrogen and oxygen atoms in total. The smallest absolute Gasteiger partial charge is 0.0833 e. The van der Waals surface area contributed by atoms with Gasteiger partial charge >= 0.3 is 0 Å². The van der Waals surface area contributed by atoms with E-state index >= 15 is 0 Å². The summed E-state index contributed by atoms with van der Waals surface area (Å²) in [6.07, 6.45) is 3.97. The van der Waals surface area contributed by atoms with Gasteiger partial charge in [-0.05, 0) is 47.6 Å². The fourth-order valence-corrected chi connectivity index (χ4v) is 3.12. The van der Waals surface area contributed by atoms with Crippen LogP contribution >= 0.6 is 11.6 Å². The van der Waals surface area contributed by atoms with Crippen molar-refractivity contribution in [3.63, 3.8) is 0 Å². The molecule has 0 heterocycles. The lowest BCUT2D eigenvalue weighted by Crippen LogP contribution is -2.14. The van der Waals surface area contributed by atoms with Crippen LogP contribution < -0.4 is 0 Å². The van der Waals surface area contributed by atoms with Gasteiger partial charge in [0.05, 0.1) is 6.10 Å². The largest absolute Gasteiger partial charge is 0.388 e. The summed E-state index contributed by atoms with van der Waals surface area (Å²) < 4.78 is 0. The van der Waals surface area contributed by atoms with Gasteiger partial charge in [-0.25, -0.2) is 0 Å². The van der Waals surface area contributed by atoms with Gasteiger partial charge in [-0.15, -0.1) is 0 Å².